The van der Waals surface area contributed by atoms with E-state index in [9.17, 15) is 9.59 Å². The van der Waals surface area contributed by atoms with E-state index in [2.05, 4.69) is 5.32 Å². The highest BCUT2D eigenvalue weighted by Crippen LogP contribution is 2.33. The van der Waals surface area contributed by atoms with Crippen LogP contribution < -0.4 is 10.2 Å². The van der Waals surface area contributed by atoms with Gasteiger partial charge in [0.05, 0.1) is 17.3 Å². The van der Waals surface area contributed by atoms with Gasteiger partial charge in [0.25, 0.3) is 5.91 Å². The number of nitrogens with zero attached hydrogens (tertiary/aromatic N) is 1. The topological polar surface area (TPSA) is 49.4 Å². The van der Waals surface area contributed by atoms with E-state index in [0.717, 1.165) is 24.0 Å². The Morgan fingerprint density at radius 2 is 1.72 bits per heavy atom. The highest BCUT2D eigenvalue weighted by molar-refractivity contribution is 6.05. The molecule has 0 saturated heterocycles. The third-order valence-corrected chi connectivity index (χ3v) is 4.77. The van der Waals surface area contributed by atoms with Gasteiger partial charge in [-0.05, 0) is 49.9 Å². The lowest BCUT2D eigenvalue weighted by Crippen LogP contribution is -2.32. The molecule has 1 N–H and O–H groups in total. The first-order valence-corrected chi connectivity index (χ1v) is 8.72. The fraction of sp³-hybridized carbons (Fsp3) is 0.333. The summed E-state index contributed by atoms with van der Waals surface area (Å²) in [5, 5.41) is 3.06. The van der Waals surface area contributed by atoms with Crippen molar-refractivity contribution in [1.29, 1.82) is 0 Å². The van der Waals surface area contributed by atoms with Crippen LogP contribution in [0.3, 0.4) is 0 Å². The number of para-hydroxylation sites is 1. The molecule has 1 aliphatic rings. The Labute approximate surface area is 148 Å². The summed E-state index contributed by atoms with van der Waals surface area (Å²) in [5.41, 5.74) is 3.42. The van der Waals surface area contributed by atoms with E-state index < -0.39 is 0 Å². The fourth-order valence-corrected chi connectivity index (χ4v) is 3.11. The number of aryl methyl sites for hydroxylation is 1. The number of benzene rings is 2. The van der Waals surface area contributed by atoms with E-state index in [1.165, 1.54) is 0 Å². The molecule has 0 spiro atoms. The third-order valence-electron chi connectivity index (χ3n) is 4.77. The summed E-state index contributed by atoms with van der Waals surface area (Å²) in [4.78, 5) is 26.8. The number of anilines is 1. The zero-order valence-electron chi connectivity index (χ0n) is 15.0. The largest absolute Gasteiger partial charge is 0.345 e. The van der Waals surface area contributed by atoms with E-state index in [-0.39, 0.29) is 23.8 Å². The van der Waals surface area contributed by atoms with E-state index in [1.54, 1.807) is 18.0 Å². The predicted molar refractivity (Wildman–Crippen MR) is 99.6 cm³/mol. The second-order valence-electron chi connectivity index (χ2n) is 6.74. The SMILES string of the molecule is Cc1ccccc1[C@@H](C)NC(=O)c1ccccc1N(C)C(=O)C1CC1. The summed E-state index contributed by atoms with van der Waals surface area (Å²) in [5.74, 6) is 0.0426. The van der Waals surface area contributed by atoms with Crippen LogP contribution >= 0.6 is 0 Å². The van der Waals surface area contributed by atoms with Crippen LogP contribution in [0.1, 0.15) is 47.3 Å². The lowest BCUT2D eigenvalue weighted by Gasteiger charge is -2.22. The van der Waals surface area contributed by atoms with Crippen LogP contribution in [0.5, 0.6) is 0 Å². The molecule has 0 bridgehead atoms. The first-order valence-electron chi connectivity index (χ1n) is 8.72. The third kappa shape index (κ3) is 3.73. The van der Waals surface area contributed by atoms with Gasteiger partial charge >= 0.3 is 0 Å². The molecule has 3 rings (SSSR count). The molecule has 2 aromatic rings. The summed E-state index contributed by atoms with van der Waals surface area (Å²) >= 11 is 0. The standard InChI is InChI=1S/C21H24N2O2/c1-14-8-4-5-9-17(14)15(2)22-20(24)18-10-6-7-11-19(18)23(3)21(25)16-12-13-16/h4-11,15-16H,12-13H2,1-3H3,(H,22,24)/t15-/m1/s1. The minimum Gasteiger partial charge on any atom is -0.345 e. The van der Waals surface area contributed by atoms with Crippen LogP contribution in [-0.2, 0) is 4.79 Å². The Kier molecular flexibility index (Phi) is 4.88. The summed E-state index contributed by atoms with van der Waals surface area (Å²) in [7, 11) is 1.75. The quantitative estimate of drug-likeness (QED) is 0.901. The van der Waals surface area contributed by atoms with E-state index in [1.807, 2.05) is 56.3 Å². The van der Waals surface area contributed by atoms with Gasteiger partial charge in [0.15, 0.2) is 0 Å². The number of amides is 2. The van der Waals surface area contributed by atoms with Gasteiger partial charge in [-0.1, -0.05) is 36.4 Å². The Morgan fingerprint density at radius 1 is 1.08 bits per heavy atom. The van der Waals surface area contributed by atoms with Crippen molar-refractivity contribution in [3.8, 4) is 0 Å². The number of carbonyl (C=O) groups excluding carboxylic acids is 2. The molecule has 0 aromatic heterocycles. The Balaban J connectivity index is 1.80. The summed E-state index contributed by atoms with van der Waals surface area (Å²) in [6, 6.07) is 15.2. The molecule has 130 valence electrons. The second-order valence-corrected chi connectivity index (χ2v) is 6.74. The number of hydrogen-bond acceptors (Lipinski definition) is 2. The molecule has 4 nitrogen and oxygen atoms in total. The molecular weight excluding hydrogens is 312 g/mol. The highest BCUT2D eigenvalue weighted by Gasteiger charge is 2.33. The molecule has 4 heteroatoms. The van der Waals surface area contributed by atoms with Crippen molar-refractivity contribution in [2.45, 2.75) is 32.7 Å². The zero-order chi connectivity index (χ0) is 18.0. The van der Waals surface area contributed by atoms with E-state index in [0.29, 0.717) is 11.3 Å². The van der Waals surface area contributed by atoms with Crippen molar-refractivity contribution in [3.63, 3.8) is 0 Å². The molecule has 0 unspecified atom stereocenters. The minimum atomic E-state index is -0.165. The number of carbonyl (C=O) groups is 2. The average molecular weight is 336 g/mol. The molecule has 0 aliphatic heterocycles. The Bertz CT molecular complexity index is 796. The average Bonchev–Trinajstić information content (AvgIpc) is 3.45. The van der Waals surface area contributed by atoms with Crippen molar-refractivity contribution < 1.29 is 9.59 Å². The van der Waals surface area contributed by atoms with Gasteiger partial charge in [-0.25, -0.2) is 0 Å². The predicted octanol–water partition coefficient (Wildman–Crippen LogP) is 3.86. The molecule has 2 aromatic carbocycles. The highest BCUT2D eigenvalue weighted by atomic mass is 16.2. The minimum absolute atomic E-state index is 0.0900. The van der Waals surface area contributed by atoms with Crippen molar-refractivity contribution in [3.05, 3.63) is 65.2 Å². The maximum absolute atomic E-state index is 12.8. The smallest absolute Gasteiger partial charge is 0.253 e. The zero-order valence-corrected chi connectivity index (χ0v) is 15.0. The molecule has 1 fully saturated rings. The molecule has 1 saturated carbocycles. The van der Waals surface area contributed by atoms with Crippen LogP contribution in [0.2, 0.25) is 0 Å². The van der Waals surface area contributed by atoms with Crippen LogP contribution in [0.4, 0.5) is 5.69 Å². The lowest BCUT2D eigenvalue weighted by atomic mass is 10.0. The van der Waals surface area contributed by atoms with Gasteiger partial charge in [-0.3, -0.25) is 9.59 Å². The molecule has 1 atom stereocenters. The Hall–Kier alpha value is -2.62. The molecule has 25 heavy (non-hydrogen) atoms. The molecule has 1 aliphatic carbocycles. The Morgan fingerprint density at radius 3 is 2.40 bits per heavy atom. The van der Waals surface area contributed by atoms with Gasteiger partial charge in [0, 0.05) is 13.0 Å². The fourth-order valence-electron chi connectivity index (χ4n) is 3.11. The van der Waals surface area contributed by atoms with Gasteiger partial charge in [-0.15, -0.1) is 0 Å². The van der Waals surface area contributed by atoms with Gasteiger partial charge in [0.2, 0.25) is 5.91 Å². The van der Waals surface area contributed by atoms with Crippen molar-refractivity contribution >= 4 is 17.5 Å². The molecule has 0 heterocycles. The van der Waals surface area contributed by atoms with E-state index in [4.69, 9.17) is 0 Å². The van der Waals surface area contributed by atoms with Gasteiger partial charge < -0.3 is 10.2 Å². The number of hydrogen-bond donors (Lipinski definition) is 1. The van der Waals surface area contributed by atoms with Crippen molar-refractivity contribution in [1.82, 2.24) is 5.32 Å². The molecule has 2 amide bonds. The van der Waals surface area contributed by atoms with Crippen LogP contribution in [0.25, 0.3) is 0 Å². The summed E-state index contributed by atoms with van der Waals surface area (Å²) in [6.07, 6.45) is 1.89. The van der Waals surface area contributed by atoms with Crippen LogP contribution in [0.15, 0.2) is 48.5 Å². The summed E-state index contributed by atoms with van der Waals surface area (Å²) in [6.45, 7) is 4.01. The first-order chi connectivity index (χ1) is 12.0. The van der Waals surface area contributed by atoms with E-state index >= 15 is 0 Å². The van der Waals surface area contributed by atoms with Crippen LogP contribution in [0, 0.1) is 12.8 Å². The van der Waals surface area contributed by atoms with Gasteiger partial charge in [0.1, 0.15) is 0 Å². The second kappa shape index (κ2) is 7.09. The van der Waals surface area contributed by atoms with Gasteiger partial charge in [-0.2, -0.15) is 0 Å². The van der Waals surface area contributed by atoms with Crippen molar-refractivity contribution in [2.75, 3.05) is 11.9 Å². The maximum Gasteiger partial charge on any atom is 0.253 e. The monoisotopic (exact) mass is 336 g/mol. The number of rotatable bonds is 5. The van der Waals surface area contributed by atoms with Crippen molar-refractivity contribution in [2.24, 2.45) is 5.92 Å². The molecule has 0 radical (unpaired) electrons. The lowest BCUT2D eigenvalue weighted by molar-refractivity contribution is -0.119. The number of nitrogens with one attached hydrogen (secondary N) is 1. The summed E-state index contributed by atoms with van der Waals surface area (Å²) < 4.78 is 0. The van der Waals surface area contributed by atoms with Crippen LogP contribution in [-0.4, -0.2) is 18.9 Å². The molecular formula is C21H24N2O2. The normalized spacial score (nSPS) is 14.7. The maximum atomic E-state index is 12.8. The first kappa shape index (κ1) is 17.2.